The Morgan fingerprint density at radius 3 is 2.47 bits per heavy atom. The molecule has 1 N–H and O–H groups in total. The summed E-state index contributed by atoms with van der Waals surface area (Å²) in [4.78, 5) is 22.2. The summed E-state index contributed by atoms with van der Waals surface area (Å²) in [6, 6.07) is 4.19. The molecule has 19 heavy (non-hydrogen) atoms. The van der Waals surface area contributed by atoms with E-state index < -0.39 is 16.4 Å². The smallest absolute Gasteiger partial charge is 0.312 e. The second-order valence-corrected chi connectivity index (χ2v) is 4.31. The van der Waals surface area contributed by atoms with Crippen LogP contribution in [0.2, 0.25) is 0 Å². The number of nitrogens with one attached hydrogen (secondary N) is 1. The molecule has 1 aromatic carbocycles. The predicted molar refractivity (Wildman–Crippen MR) is 69.4 cm³/mol. The maximum Gasteiger partial charge on any atom is 0.312 e. The third-order valence-corrected chi connectivity index (χ3v) is 2.69. The number of nitro benzene ring substituents is 1. The van der Waals surface area contributed by atoms with Gasteiger partial charge >= 0.3 is 5.69 Å². The molecule has 7 heteroatoms. The van der Waals surface area contributed by atoms with Gasteiger partial charge in [-0.05, 0) is 26.0 Å². The summed E-state index contributed by atoms with van der Waals surface area (Å²) < 4.78 is 9.90. The first kappa shape index (κ1) is 14.9. The number of carbonyl (C=O) groups excluding carboxylic acids is 1. The van der Waals surface area contributed by atoms with Crippen LogP contribution in [-0.2, 0) is 9.53 Å². The molecule has 0 aromatic heterocycles. The van der Waals surface area contributed by atoms with Crippen molar-refractivity contribution in [3.63, 3.8) is 0 Å². The fourth-order valence-electron chi connectivity index (χ4n) is 1.28. The van der Waals surface area contributed by atoms with Crippen LogP contribution >= 0.6 is 0 Å². The van der Waals surface area contributed by atoms with Crippen molar-refractivity contribution in [3.05, 3.63) is 28.3 Å². The minimum atomic E-state index is -1.02. The molecule has 0 radical (unpaired) electrons. The monoisotopic (exact) mass is 268 g/mol. The van der Waals surface area contributed by atoms with Gasteiger partial charge in [-0.25, -0.2) is 0 Å². The van der Waals surface area contributed by atoms with Gasteiger partial charge in [0.05, 0.1) is 12.0 Å². The molecule has 0 fully saturated rings. The van der Waals surface area contributed by atoms with Gasteiger partial charge in [0, 0.05) is 18.9 Å². The highest BCUT2D eigenvalue weighted by molar-refractivity contribution is 5.97. The molecule has 1 amide bonds. The number of ether oxygens (including phenoxy) is 2. The molecule has 104 valence electrons. The van der Waals surface area contributed by atoms with Crippen molar-refractivity contribution in [2.45, 2.75) is 19.4 Å². The van der Waals surface area contributed by atoms with Crippen LogP contribution < -0.4 is 10.1 Å². The van der Waals surface area contributed by atoms with Crippen molar-refractivity contribution in [2.24, 2.45) is 0 Å². The zero-order valence-electron chi connectivity index (χ0n) is 11.2. The summed E-state index contributed by atoms with van der Waals surface area (Å²) in [5.74, 6) is -0.261. The zero-order chi connectivity index (χ0) is 14.6. The summed E-state index contributed by atoms with van der Waals surface area (Å²) >= 11 is 0. The summed E-state index contributed by atoms with van der Waals surface area (Å²) in [5, 5.41) is 13.4. The molecule has 0 aliphatic carbocycles. The van der Waals surface area contributed by atoms with Gasteiger partial charge in [0.1, 0.15) is 5.60 Å². The number of hydrogen-bond acceptors (Lipinski definition) is 5. The summed E-state index contributed by atoms with van der Waals surface area (Å²) in [6.45, 7) is 3.19. The lowest BCUT2D eigenvalue weighted by molar-refractivity contribution is -0.385. The van der Waals surface area contributed by atoms with Crippen LogP contribution in [-0.4, -0.2) is 30.7 Å². The van der Waals surface area contributed by atoms with E-state index in [1.54, 1.807) is 13.8 Å². The van der Waals surface area contributed by atoms with Gasteiger partial charge in [-0.1, -0.05) is 0 Å². The van der Waals surface area contributed by atoms with Gasteiger partial charge in [0.15, 0.2) is 5.75 Å². The highest BCUT2D eigenvalue weighted by Gasteiger charge is 2.27. The molecule has 0 aliphatic rings. The molecule has 0 unspecified atom stereocenters. The summed E-state index contributed by atoms with van der Waals surface area (Å²) in [6.07, 6.45) is 0. The Balaban J connectivity index is 3.01. The van der Waals surface area contributed by atoms with Gasteiger partial charge in [0.25, 0.3) is 5.91 Å². The first-order chi connectivity index (χ1) is 8.81. The molecule has 1 rings (SSSR count). The van der Waals surface area contributed by atoms with E-state index in [1.807, 2.05) is 0 Å². The number of methoxy groups -OCH3 is 2. The van der Waals surface area contributed by atoms with Crippen LogP contribution in [0.1, 0.15) is 13.8 Å². The zero-order valence-corrected chi connectivity index (χ0v) is 11.2. The van der Waals surface area contributed by atoms with E-state index in [1.165, 1.54) is 32.4 Å². The van der Waals surface area contributed by atoms with Gasteiger partial charge in [0.2, 0.25) is 0 Å². The number of rotatable bonds is 5. The number of benzene rings is 1. The van der Waals surface area contributed by atoms with Crippen LogP contribution in [0, 0.1) is 10.1 Å². The lowest BCUT2D eigenvalue weighted by Crippen LogP contribution is -2.38. The summed E-state index contributed by atoms with van der Waals surface area (Å²) in [5.41, 5.74) is -0.924. The van der Waals surface area contributed by atoms with Crippen LogP contribution in [0.25, 0.3) is 0 Å². The predicted octanol–water partition coefficient (Wildman–Crippen LogP) is 1.97. The van der Waals surface area contributed by atoms with E-state index in [0.717, 1.165) is 0 Å². The Kier molecular flexibility index (Phi) is 4.44. The van der Waals surface area contributed by atoms with Crippen LogP contribution in [0.5, 0.6) is 5.75 Å². The van der Waals surface area contributed by atoms with Gasteiger partial charge in [-0.2, -0.15) is 0 Å². The molecule has 0 bridgehead atoms. The number of nitrogens with zero attached hydrogens (tertiary/aromatic N) is 1. The SMILES string of the molecule is COc1ccc(NC(=O)C(C)(C)OC)cc1[N+](=O)[O-]. The molecule has 0 saturated heterocycles. The molecule has 0 aliphatic heterocycles. The number of hydrogen-bond donors (Lipinski definition) is 1. The average Bonchev–Trinajstić information content (AvgIpc) is 2.38. The third kappa shape index (κ3) is 3.41. The Morgan fingerprint density at radius 1 is 1.37 bits per heavy atom. The second kappa shape index (κ2) is 5.66. The highest BCUT2D eigenvalue weighted by atomic mass is 16.6. The van der Waals surface area contributed by atoms with Crippen LogP contribution in [0.4, 0.5) is 11.4 Å². The van der Waals surface area contributed by atoms with Gasteiger partial charge in [-0.15, -0.1) is 0 Å². The number of carbonyl (C=O) groups is 1. The number of amides is 1. The Bertz CT molecular complexity index is 499. The molecular formula is C12H16N2O5. The van der Waals surface area contributed by atoms with Gasteiger partial charge in [-0.3, -0.25) is 14.9 Å². The molecule has 0 heterocycles. The first-order valence-corrected chi connectivity index (χ1v) is 5.51. The maximum atomic E-state index is 11.9. The number of nitro groups is 1. The molecular weight excluding hydrogens is 252 g/mol. The lowest BCUT2D eigenvalue weighted by Gasteiger charge is -2.21. The van der Waals surface area contributed by atoms with E-state index >= 15 is 0 Å². The molecule has 1 aromatic rings. The Morgan fingerprint density at radius 2 is 2.00 bits per heavy atom. The Labute approximate surface area is 110 Å². The van der Waals surface area contributed by atoms with E-state index in [9.17, 15) is 14.9 Å². The lowest BCUT2D eigenvalue weighted by atomic mass is 10.1. The molecule has 0 saturated carbocycles. The molecule has 0 atom stereocenters. The van der Waals surface area contributed by atoms with Crippen molar-refractivity contribution in [2.75, 3.05) is 19.5 Å². The van der Waals surface area contributed by atoms with E-state index in [0.29, 0.717) is 5.69 Å². The quantitative estimate of drug-likeness (QED) is 0.651. The van der Waals surface area contributed by atoms with Crippen molar-refractivity contribution >= 4 is 17.3 Å². The Hall–Kier alpha value is -2.15. The second-order valence-electron chi connectivity index (χ2n) is 4.31. The fourth-order valence-corrected chi connectivity index (χ4v) is 1.28. The van der Waals surface area contributed by atoms with E-state index in [4.69, 9.17) is 9.47 Å². The standard InChI is InChI=1S/C12H16N2O5/c1-12(2,19-4)11(15)13-8-5-6-10(18-3)9(7-8)14(16)17/h5-7H,1-4H3,(H,13,15). The molecule has 7 nitrogen and oxygen atoms in total. The summed E-state index contributed by atoms with van der Waals surface area (Å²) in [7, 11) is 2.75. The number of anilines is 1. The van der Waals surface area contributed by atoms with Crippen LogP contribution in [0.15, 0.2) is 18.2 Å². The fraction of sp³-hybridized carbons (Fsp3) is 0.417. The normalized spacial score (nSPS) is 10.9. The minimum Gasteiger partial charge on any atom is -0.490 e. The van der Waals surface area contributed by atoms with E-state index in [-0.39, 0.29) is 11.4 Å². The molecule has 0 spiro atoms. The van der Waals surface area contributed by atoms with Crippen molar-refractivity contribution < 1.29 is 19.2 Å². The van der Waals surface area contributed by atoms with Gasteiger partial charge < -0.3 is 14.8 Å². The van der Waals surface area contributed by atoms with Crippen molar-refractivity contribution in [3.8, 4) is 5.75 Å². The maximum absolute atomic E-state index is 11.9. The first-order valence-electron chi connectivity index (χ1n) is 5.51. The topological polar surface area (TPSA) is 90.7 Å². The highest BCUT2D eigenvalue weighted by Crippen LogP contribution is 2.30. The largest absolute Gasteiger partial charge is 0.490 e. The van der Waals surface area contributed by atoms with Crippen molar-refractivity contribution in [1.82, 2.24) is 0 Å². The van der Waals surface area contributed by atoms with Crippen LogP contribution in [0.3, 0.4) is 0 Å². The minimum absolute atomic E-state index is 0.133. The third-order valence-electron chi connectivity index (χ3n) is 2.69. The van der Waals surface area contributed by atoms with Crippen molar-refractivity contribution in [1.29, 1.82) is 0 Å². The average molecular weight is 268 g/mol. The van der Waals surface area contributed by atoms with E-state index in [2.05, 4.69) is 5.32 Å².